The van der Waals surface area contributed by atoms with E-state index in [0.29, 0.717) is 28.9 Å². The van der Waals surface area contributed by atoms with Crippen LogP contribution < -0.4 is 10.1 Å². The van der Waals surface area contributed by atoms with Crippen LogP contribution in [0.3, 0.4) is 0 Å². The van der Waals surface area contributed by atoms with E-state index in [0.717, 1.165) is 0 Å². The van der Waals surface area contributed by atoms with Gasteiger partial charge in [-0.2, -0.15) is 0 Å². The fraction of sp³-hybridized carbons (Fsp3) is 0.500. The van der Waals surface area contributed by atoms with Gasteiger partial charge in [-0.3, -0.25) is 4.79 Å². The van der Waals surface area contributed by atoms with E-state index in [-0.39, 0.29) is 11.9 Å². The third-order valence-corrected chi connectivity index (χ3v) is 3.04. The van der Waals surface area contributed by atoms with Crippen molar-refractivity contribution in [2.24, 2.45) is 0 Å². The van der Waals surface area contributed by atoms with Gasteiger partial charge in [0.25, 0.3) is 0 Å². The third kappa shape index (κ3) is 3.72. The van der Waals surface area contributed by atoms with Crippen LogP contribution in [-0.4, -0.2) is 24.5 Å². The molecule has 1 N–H and O–H groups in total. The first-order chi connectivity index (χ1) is 8.56. The van der Waals surface area contributed by atoms with Crippen LogP contribution in [0.15, 0.2) is 18.2 Å². The fourth-order valence-corrected chi connectivity index (χ4v) is 1.88. The van der Waals surface area contributed by atoms with Crippen LogP contribution in [0.1, 0.15) is 37.0 Å². The Morgan fingerprint density at radius 2 is 2.22 bits per heavy atom. The van der Waals surface area contributed by atoms with Crippen LogP contribution in [0.25, 0.3) is 0 Å². The minimum Gasteiger partial charge on any atom is -0.489 e. The Hall–Kier alpha value is -1.06. The van der Waals surface area contributed by atoms with Gasteiger partial charge in [0.1, 0.15) is 5.75 Å². The molecule has 0 atom stereocenters. The number of rotatable bonds is 6. The van der Waals surface area contributed by atoms with Gasteiger partial charge in [0.15, 0.2) is 5.78 Å². The highest BCUT2D eigenvalue weighted by Crippen LogP contribution is 2.26. The van der Waals surface area contributed by atoms with Gasteiger partial charge in [-0.05, 0) is 44.9 Å². The van der Waals surface area contributed by atoms with Gasteiger partial charge in [0, 0.05) is 11.6 Å². The summed E-state index contributed by atoms with van der Waals surface area (Å²) in [5.74, 6) is 0.693. The quantitative estimate of drug-likeness (QED) is 0.805. The van der Waals surface area contributed by atoms with Crippen LogP contribution in [0.4, 0.5) is 0 Å². The SMILES string of the molecule is CC(C)Oc1ccc(C(=O)CNC2CC2)cc1Cl. The number of hydrogen-bond donors (Lipinski definition) is 1. The van der Waals surface area contributed by atoms with E-state index in [1.807, 2.05) is 13.8 Å². The highest BCUT2D eigenvalue weighted by molar-refractivity contribution is 6.32. The summed E-state index contributed by atoms with van der Waals surface area (Å²) in [5.41, 5.74) is 0.629. The number of Topliss-reactive ketones (excluding diaryl/α,β-unsaturated/α-hetero) is 1. The molecule has 0 aromatic heterocycles. The summed E-state index contributed by atoms with van der Waals surface area (Å²) in [6.45, 7) is 4.26. The molecular formula is C14H18ClNO2. The molecule has 0 aliphatic heterocycles. The summed E-state index contributed by atoms with van der Waals surface area (Å²) in [4.78, 5) is 11.9. The smallest absolute Gasteiger partial charge is 0.176 e. The average Bonchev–Trinajstić information content (AvgIpc) is 3.12. The summed E-state index contributed by atoms with van der Waals surface area (Å²) in [7, 11) is 0. The molecule has 0 heterocycles. The summed E-state index contributed by atoms with van der Waals surface area (Å²) in [6.07, 6.45) is 2.42. The van der Waals surface area contributed by atoms with Crippen LogP contribution >= 0.6 is 11.6 Å². The Morgan fingerprint density at radius 1 is 1.50 bits per heavy atom. The molecule has 98 valence electrons. The maximum atomic E-state index is 11.9. The van der Waals surface area contributed by atoms with Crippen LogP contribution in [0.5, 0.6) is 5.75 Å². The van der Waals surface area contributed by atoms with Crippen molar-refractivity contribution < 1.29 is 9.53 Å². The van der Waals surface area contributed by atoms with Crippen molar-refractivity contribution >= 4 is 17.4 Å². The molecule has 18 heavy (non-hydrogen) atoms. The Labute approximate surface area is 112 Å². The molecule has 0 unspecified atom stereocenters. The molecule has 2 rings (SSSR count). The molecule has 1 aromatic carbocycles. The number of hydrogen-bond acceptors (Lipinski definition) is 3. The first kappa shape index (κ1) is 13.4. The molecule has 0 spiro atoms. The van der Waals surface area contributed by atoms with Gasteiger partial charge in [-0.15, -0.1) is 0 Å². The first-order valence-electron chi connectivity index (χ1n) is 6.29. The predicted octanol–water partition coefficient (Wildman–Crippen LogP) is 3.06. The number of benzene rings is 1. The zero-order valence-corrected chi connectivity index (χ0v) is 11.5. The van der Waals surface area contributed by atoms with E-state index in [9.17, 15) is 4.79 Å². The molecule has 0 saturated heterocycles. The maximum absolute atomic E-state index is 11.9. The highest BCUT2D eigenvalue weighted by atomic mass is 35.5. The predicted molar refractivity (Wildman–Crippen MR) is 72.6 cm³/mol. The largest absolute Gasteiger partial charge is 0.489 e. The van der Waals surface area contributed by atoms with Crippen molar-refractivity contribution in [3.8, 4) is 5.75 Å². The third-order valence-electron chi connectivity index (χ3n) is 2.75. The second kappa shape index (κ2) is 5.72. The van der Waals surface area contributed by atoms with Gasteiger partial charge >= 0.3 is 0 Å². The van der Waals surface area contributed by atoms with Gasteiger partial charge in [0.05, 0.1) is 17.7 Å². The maximum Gasteiger partial charge on any atom is 0.176 e. The van der Waals surface area contributed by atoms with Crippen LogP contribution in [-0.2, 0) is 0 Å². The molecule has 1 saturated carbocycles. The van der Waals surface area contributed by atoms with E-state index in [1.165, 1.54) is 12.8 Å². The molecule has 1 fully saturated rings. The molecule has 1 aromatic rings. The van der Waals surface area contributed by atoms with Crippen molar-refractivity contribution in [3.63, 3.8) is 0 Å². The normalized spacial score (nSPS) is 14.9. The minimum absolute atomic E-state index is 0.0693. The van der Waals surface area contributed by atoms with Crippen LogP contribution in [0.2, 0.25) is 5.02 Å². The lowest BCUT2D eigenvalue weighted by Gasteiger charge is -2.12. The van der Waals surface area contributed by atoms with E-state index in [4.69, 9.17) is 16.3 Å². The van der Waals surface area contributed by atoms with Gasteiger partial charge in [0.2, 0.25) is 0 Å². The van der Waals surface area contributed by atoms with Crippen molar-refractivity contribution in [1.82, 2.24) is 5.32 Å². The number of carbonyl (C=O) groups is 1. The summed E-state index contributed by atoms with van der Waals surface area (Å²) < 4.78 is 5.53. The fourth-order valence-electron chi connectivity index (χ4n) is 1.65. The van der Waals surface area contributed by atoms with Crippen molar-refractivity contribution in [2.75, 3.05) is 6.54 Å². The lowest BCUT2D eigenvalue weighted by Crippen LogP contribution is -2.24. The number of nitrogens with one attached hydrogen (secondary N) is 1. The lowest BCUT2D eigenvalue weighted by molar-refractivity contribution is 0.0990. The summed E-state index contributed by atoms with van der Waals surface area (Å²) >= 11 is 6.09. The summed E-state index contributed by atoms with van der Waals surface area (Å²) in [5, 5.41) is 3.68. The summed E-state index contributed by atoms with van der Waals surface area (Å²) in [6, 6.07) is 5.73. The topological polar surface area (TPSA) is 38.3 Å². The van der Waals surface area contributed by atoms with E-state index in [1.54, 1.807) is 18.2 Å². The second-order valence-electron chi connectivity index (χ2n) is 4.89. The zero-order chi connectivity index (χ0) is 13.1. The van der Waals surface area contributed by atoms with E-state index in [2.05, 4.69) is 5.32 Å². The van der Waals surface area contributed by atoms with Gasteiger partial charge in [-0.1, -0.05) is 11.6 Å². The van der Waals surface area contributed by atoms with Crippen molar-refractivity contribution in [1.29, 1.82) is 0 Å². The van der Waals surface area contributed by atoms with E-state index < -0.39 is 0 Å². The van der Waals surface area contributed by atoms with Gasteiger partial charge in [-0.25, -0.2) is 0 Å². The van der Waals surface area contributed by atoms with Crippen LogP contribution in [0, 0.1) is 0 Å². The zero-order valence-electron chi connectivity index (χ0n) is 10.7. The first-order valence-corrected chi connectivity index (χ1v) is 6.67. The molecule has 0 amide bonds. The molecular weight excluding hydrogens is 250 g/mol. The molecule has 1 aliphatic carbocycles. The Bertz CT molecular complexity index is 441. The molecule has 3 nitrogen and oxygen atoms in total. The minimum atomic E-state index is 0.0693. The van der Waals surface area contributed by atoms with Crippen molar-refractivity contribution in [3.05, 3.63) is 28.8 Å². The Kier molecular flexibility index (Phi) is 4.25. The molecule has 0 bridgehead atoms. The highest BCUT2D eigenvalue weighted by Gasteiger charge is 2.21. The average molecular weight is 268 g/mol. The van der Waals surface area contributed by atoms with Gasteiger partial charge < -0.3 is 10.1 Å². The molecule has 0 radical (unpaired) electrons. The number of carbonyl (C=O) groups excluding carboxylic acids is 1. The van der Waals surface area contributed by atoms with E-state index >= 15 is 0 Å². The Balaban J connectivity index is 1.99. The lowest BCUT2D eigenvalue weighted by atomic mass is 10.1. The number of ketones is 1. The standard InChI is InChI=1S/C14H18ClNO2/c1-9(2)18-14-6-3-10(7-12(14)15)13(17)8-16-11-4-5-11/h3,6-7,9,11,16H,4-5,8H2,1-2H3. The monoisotopic (exact) mass is 267 g/mol. The Morgan fingerprint density at radius 3 is 2.78 bits per heavy atom. The second-order valence-corrected chi connectivity index (χ2v) is 5.30. The molecule has 1 aliphatic rings. The van der Waals surface area contributed by atoms with Crippen molar-refractivity contribution in [2.45, 2.75) is 38.8 Å². The number of ether oxygens (including phenoxy) is 1. The molecule has 4 heteroatoms. The number of halogens is 1.